The summed E-state index contributed by atoms with van der Waals surface area (Å²) in [6.45, 7) is 2.31. The summed E-state index contributed by atoms with van der Waals surface area (Å²) in [5, 5.41) is 51.8. The van der Waals surface area contributed by atoms with Gasteiger partial charge in [-0.05, 0) is 13.0 Å². The van der Waals surface area contributed by atoms with E-state index in [-0.39, 0.29) is 0 Å². The van der Waals surface area contributed by atoms with Crippen LogP contribution in [0.25, 0.3) is 0 Å². The zero-order valence-electron chi connectivity index (χ0n) is 17.4. The molecule has 28 heavy (non-hydrogen) atoms. The monoisotopic (exact) mass is 409 g/mol. The number of nitrogens with two attached hydrogens (primary N) is 1. The zero-order valence-corrected chi connectivity index (χ0v) is 17.4. The molecule has 0 fully saturated rings. The summed E-state index contributed by atoms with van der Waals surface area (Å²) in [4.78, 5) is 10.1. The fourth-order valence-electron chi connectivity index (χ4n) is 2.65. The van der Waals surface area contributed by atoms with Gasteiger partial charge in [-0.15, -0.1) is 0 Å². The first kappa shape index (κ1) is 29.4. The molecule has 0 radical (unpaired) electrons. The molecular weight excluding hydrogens is 366 g/mol. The number of unbranched alkanes of at least 4 members (excludes halogenated alkanes) is 11. The maximum atomic E-state index is 10.1. The summed E-state index contributed by atoms with van der Waals surface area (Å²) in [6.07, 6.45) is 9.06. The zero-order chi connectivity index (χ0) is 21.8. The maximum absolute atomic E-state index is 10.1. The number of hydrogen-bond acceptors (Lipinski definition) is 7. The van der Waals surface area contributed by atoms with Crippen LogP contribution in [-0.2, 0) is 4.79 Å². The second-order valence-electron chi connectivity index (χ2n) is 7.19. The quantitative estimate of drug-likeness (QED) is 0.176. The Bertz CT molecular complexity index is 333. The average Bonchev–Trinajstić information content (AvgIpc) is 2.70. The molecule has 8 nitrogen and oxygen atoms in total. The molecule has 0 aliphatic heterocycles. The predicted molar refractivity (Wildman–Crippen MR) is 109 cm³/mol. The number of carboxylic acid groups (broad SMARTS) is 1. The van der Waals surface area contributed by atoms with Gasteiger partial charge in [-0.25, -0.2) is 4.79 Å². The van der Waals surface area contributed by atoms with Crippen molar-refractivity contribution < 1.29 is 35.4 Å². The Morgan fingerprint density at radius 1 is 0.750 bits per heavy atom. The van der Waals surface area contributed by atoms with Crippen molar-refractivity contribution in [3.05, 3.63) is 0 Å². The third kappa shape index (κ3) is 17.3. The SMILES string of the molecule is CCCCCCCCCCCCCCN.O=C(O)[C@H](O)[C@@H](O)[C@H](O)[C@H](O)CO. The van der Waals surface area contributed by atoms with Crippen molar-refractivity contribution >= 4 is 5.97 Å². The molecule has 0 aromatic heterocycles. The van der Waals surface area contributed by atoms with Crippen LogP contribution in [0, 0.1) is 0 Å². The van der Waals surface area contributed by atoms with Gasteiger partial charge in [0.05, 0.1) is 6.61 Å². The molecule has 8 N–H and O–H groups in total. The maximum Gasteiger partial charge on any atom is 0.335 e. The Labute approximate surface area is 169 Å². The van der Waals surface area contributed by atoms with Crippen molar-refractivity contribution in [1.82, 2.24) is 0 Å². The lowest BCUT2D eigenvalue weighted by atomic mass is 10.0. The molecule has 0 heterocycles. The Morgan fingerprint density at radius 3 is 1.46 bits per heavy atom. The lowest BCUT2D eigenvalue weighted by Gasteiger charge is -2.23. The van der Waals surface area contributed by atoms with Crippen LogP contribution in [0.15, 0.2) is 0 Å². The normalized spacial score (nSPS) is 15.2. The van der Waals surface area contributed by atoms with Crippen molar-refractivity contribution in [1.29, 1.82) is 0 Å². The standard InChI is InChI=1S/C14H31N.C6H12O7/c1-2-3-4-5-6-7-8-9-10-11-12-13-14-15;7-1-2(8)3(9)4(10)5(11)6(12)13/h2-15H2,1H3;2-5,7-11H,1H2,(H,12,13)/t;2-,3-,4+,5-/m.1/s1. The van der Waals surface area contributed by atoms with E-state index in [0.717, 1.165) is 6.54 Å². The van der Waals surface area contributed by atoms with Crippen LogP contribution in [0.3, 0.4) is 0 Å². The van der Waals surface area contributed by atoms with Gasteiger partial charge in [0.15, 0.2) is 6.10 Å². The second kappa shape index (κ2) is 21.0. The fraction of sp³-hybridized carbons (Fsp3) is 0.950. The van der Waals surface area contributed by atoms with E-state index < -0.39 is 37.0 Å². The fourth-order valence-corrected chi connectivity index (χ4v) is 2.65. The van der Waals surface area contributed by atoms with Gasteiger partial charge in [-0.1, -0.05) is 77.6 Å². The van der Waals surface area contributed by atoms with Gasteiger partial charge in [0.2, 0.25) is 0 Å². The first-order valence-corrected chi connectivity index (χ1v) is 10.6. The average molecular weight is 410 g/mol. The van der Waals surface area contributed by atoms with E-state index in [2.05, 4.69) is 6.92 Å². The van der Waals surface area contributed by atoms with Crippen LogP contribution >= 0.6 is 0 Å². The van der Waals surface area contributed by atoms with E-state index in [4.69, 9.17) is 36.4 Å². The number of aliphatic carboxylic acids is 1. The number of aliphatic hydroxyl groups is 5. The Hall–Kier alpha value is -0.770. The third-order valence-electron chi connectivity index (χ3n) is 4.57. The number of carbonyl (C=O) groups is 1. The van der Waals surface area contributed by atoms with Crippen molar-refractivity contribution in [3.8, 4) is 0 Å². The van der Waals surface area contributed by atoms with E-state index in [1.54, 1.807) is 0 Å². The van der Waals surface area contributed by atoms with Gasteiger partial charge in [0, 0.05) is 0 Å². The first-order valence-electron chi connectivity index (χ1n) is 10.6. The molecule has 0 saturated heterocycles. The lowest BCUT2D eigenvalue weighted by Crippen LogP contribution is -2.48. The molecule has 170 valence electrons. The second-order valence-corrected chi connectivity index (χ2v) is 7.19. The van der Waals surface area contributed by atoms with Crippen molar-refractivity contribution in [2.45, 2.75) is 108 Å². The highest BCUT2D eigenvalue weighted by Gasteiger charge is 2.33. The summed E-state index contributed by atoms with van der Waals surface area (Å²) in [5.41, 5.74) is 5.45. The minimum absolute atomic E-state index is 0.843. The Balaban J connectivity index is 0. The Morgan fingerprint density at radius 2 is 1.14 bits per heavy atom. The van der Waals surface area contributed by atoms with Crippen LogP contribution in [-0.4, -0.2) is 74.2 Å². The van der Waals surface area contributed by atoms with Crippen LogP contribution in [0.5, 0.6) is 0 Å². The highest BCUT2D eigenvalue weighted by Crippen LogP contribution is 2.11. The molecule has 0 saturated carbocycles. The predicted octanol–water partition coefficient (Wildman–Crippen LogP) is 1.15. The van der Waals surface area contributed by atoms with E-state index in [1.165, 1.54) is 77.0 Å². The molecule has 0 aliphatic carbocycles. The smallest absolute Gasteiger partial charge is 0.335 e. The number of hydrogen-bond donors (Lipinski definition) is 7. The van der Waals surface area contributed by atoms with E-state index in [9.17, 15) is 4.79 Å². The van der Waals surface area contributed by atoms with Crippen molar-refractivity contribution in [2.24, 2.45) is 5.73 Å². The van der Waals surface area contributed by atoms with Crippen molar-refractivity contribution in [3.63, 3.8) is 0 Å². The van der Waals surface area contributed by atoms with Crippen LogP contribution < -0.4 is 5.73 Å². The van der Waals surface area contributed by atoms with Crippen LogP contribution in [0.2, 0.25) is 0 Å². The minimum Gasteiger partial charge on any atom is -0.479 e. The molecule has 0 bridgehead atoms. The number of carboxylic acids is 1. The molecule has 0 unspecified atom stereocenters. The first-order chi connectivity index (χ1) is 13.3. The molecule has 0 aromatic carbocycles. The molecule has 0 aliphatic rings. The van der Waals surface area contributed by atoms with E-state index in [1.807, 2.05) is 0 Å². The molecule has 0 aromatic rings. The third-order valence-corrected chi connectivity index (χ3v) is 4.57. The van der Waals surface area contributed by atoms with Crippen molar-refractivity contribution in [2.75, 3.05) is 13.2 Å². The van der Waals surface area contributed by atoms with Crippen LogP contribution in [0.1, 0.15) is 84.0 Å². The largest absolute Gasteiger partial charge is 0.479 e. The van der Waals surface area contributed by atoms with Gasteiger partial charge in [-0.3, -0.25) is 0 Å². The summed E-state index contributed by atoms with van der Waals surface area (Å²) in [7, 11) is 0. The Kier molecular flexibility index (Phi) is 22.0. The lowest BCUT2D eigenvalue weighted by molar-refractivity contribution is -0.164. The molecule has 0 rings (SSSR count). The highest BCUT2D eigenvalue weighted by atomic mass is 16.4. The van der Waals surface area contributed by atoms with Gasteiger partial charge in [0.25, 0.3) is 0 Å². The topological polar surface area (TPSA) is 164 Å². The molecule has 0 amide bonds. The molecular formula is C20H43NO7. The number of aliphatic hydroxyl groups excluding tert-OH is 5. The summed E-state index contributed by atoms with van der Waals surface area (Å²) in [6, 6.07) is 0. The minimum atomic E-state index is -2.20. The summed E-state index contributed by atoms with van der Waals surface area (Å²) in [5.74, 6) is -1.73. The summed E-state index contributed by atoms with van der Waals surface area (Å²) < 4.78 is 0. The molecule has 4 atom stereocenters. The summed E-state index contributed by atoms with van der Waals surface area (Å²) >= 11 is 0. The molecule has 0 spiro atoms. The highest BCUT2D eigenvalue weighted by molar-refractivity contribution is 5.72. The van der Waals surface area contributed by atoms with E-state index >= 15 is 0 Å². The van der Waals surface area contributed by atoms with E-state index in [0.29, 0.717) is 0 Å². The van der Waals surface area contributed by atoms with Gasteiger partial charge in [0.1, 0.15) is 18.3 Å². The number of rotatable bonds is 17. The van der Waals surface area contributed by atoms with Gasteiger partial charge < -0.3 is 36.4 Å². The van der Waals surface area contributed by atoms with Crippen LogP contribution in [0.4, 0.5) is 0 Å². The van der Waals surface area contributed by atoms with Gasteiger partial charge in [-0.2, -0.15) is 0 Å². The molecule has 8 heteroatoms. The van der Waals surface area contributed by atoms with Gasteiger partial charge >= 0.3 is 5.97 Å².